The van der Waals surface area contributed by atoms with Crippen LogP contribution in [0.5, 0.6) is 0 Å². The van der Waals surface area contributed by atoms with Crippen LogP contribution < -0.4 is 15.8 Å². The Morgan fingerprint density at radius 3 is 2.96 bits per heavy atom. The Bertz CT molecular complexity index is 882. The molecule has 1 atom stereocenters. The molecule has 4 heterocycles. The minimum absolute atomic E-state index is 0.0263. The van der Waals surface area contributed by atoms with Gasteiger partial charge in [0.15, 0.2) is 0 Å². The van der Waals surface area contributed by atoms with Crippen LogP contribution in [0.25, 0.3) is 0 Å². The van der Waals surface area contributed by atoms with Gasteiger partial charge in [-0.2, -0.15) is 0 Å². The van der Waals surface area contributed by atoms with E-state index in [0.717, 1.165) is 17.8 Å². The van der Waals surface area contributed by atoms with Crippen molar-refractivity contribution in [1.29, 1.82) is 0 Å². The van der Waals surface area contributed by atoms with Crippen molar-refractivity contribution < 1.29 is 4.79 Å². The molecule has 2 aromatic rings. The Hall–Kier alpha value is -2.19. The summed E-state index contributed by atoms with van der Waals surface area (Å²) in [6.07, 6.45) is 2.86. The van der Waals surface area contributed by atoms with E-state index in [-0.39, 0.29) is 11.5 Å². The van der Waals surface area contributed by atoms with Gasteiger partial charge in [-0.3, -0.25) is 14.6 Å². The molecular weight excluding hydrogens is 350 g/mol. The second-order valence-corrected chi connectivity index (χ2v) is 8.15. The Morgan fingerprint density at radius 1 is 1.38 bits per heavy atom. The zero-order valence-electron chi connectivity index (χ0n) is 15.0. The molecule has 0 unspecified atom stereocenters. The topological polar surface area (TPSA) is 81.3 Å². The maximum atomic E-state index is 12.9. The molecule has 0 spiro atoms. The number of nitrogens with zero attached hydrogens (tertiary/aromatic N) is 3. The molecule has 2 aliphatic rings. The highest BCUT2D eigenvalue weighted by Crippen LogP contribution is 2.30. The average molecular weight is 373 g/mol. The third-order valence-electron chi connectivity index (χ3n) is 5.01. The summed E-state index contributed by atoms with van der Waals surface area (Å²) in [7, 11) is 3.67. The number of amides is 1. The third kappa shape index (κ3) is 3.14. The van der Waals surface area contributed by atoms with Gasteiger partial charge in [-0.05, 0) is 37.9 Å². The van der Waals surface area contributed by atoms with E-state index < -0.39 is 0 Å². The minimum Gasteiger partial charge on any atom is -0.348 e. The summed E-state index contributed by atoms with van der Waals surface area (Å²) in [5, 5.41) is 3.47. The predicted octanol–water partition coefficient (Wildman–Crippen LogP) is 1.52. The van der Waals surface area contributed by atoms with Crippen LogP contribution in [-0.4, -0.2) is 48.0 Å². The van der Waals surface area contributed by atoms with Gasteiger partial charge in [-0.1, -0.05) is 0 Å². The van der Waals surface area contributed by atoms with E-state index in [1.54, 1.807) is 21.1 Å². The van der Waals surface area contributed by atoms with Crippen molar-refractivity contribution in [2.75, 3.05) is 32.1 Å². The Kier molecular flexibility index (Phi) is 4.54. The molecule has 2 aliphatic heterocycles. The second-order valence-electron chi connectivity index (χ2n) is 7.04. The Labute approximate surface area is 156 Å². The first-order valence-corrected chi connectivity index (χ1v) is 9.76. The van der Waals surface area contributed by atoms with Gasteiger partial charge in [0.1, 0.15) is 0 Å². The fourth-order valence-corrected chi connectivity index (χ4v) is 4.64. The lowest BCUT2D eigenvalue weighted by Crippen LogP contribution is -2.39. The van der Waals surface area contributed by atoms with Gasteiger partial charge < -0.3 is 15.1 Å². The first kappa shape index (κ1) is 17.2. The van der Waals surface area contributed by atoms with E-state index in [4.69, 9.17) is 0 Å². The largest absolute Gasteiger partial charge is 0.348 e. The quantitative estimate of drug-likeness (QED) is 0.853. The lowest BCUT2D eigenvalue weighted by atomic mass is 10.1. The molecule has 1 fully saturated rings. The van der Waals surface area contributed by atoms with Gasteiger partial charge in [0, 0.05) is 37.1 Å². The number of aromatic nitrogens is 2. The van der Waals surface area contributed by atoms with Crippen LogP contribution in [0.2, 0.25) is 0 Å². The molecule has 0 saturated carbocycles. The molecule has 26 heavy (non-hydrogen) atoms. The van der Waals surface area contributed by atoms with Gasteiger partial charge in [0.05, 0.1) is 17.1 Å². The summed E-state index contributed by atoms with van der Waals surface area (Å²) in [5.41, 5.74) is 1.30. The number of carbonyl (C=O) groups is 1. The SMILES string of the molecule is CN(C)c1nc2c(c(=O)[nH]1)CCN(C(=O)c1ccc([C@@H]3CCCN3)s1)C2. The van der Waals surface area contributed by atoms with Gasteiger partial charge in [-0.15, -0.1) is 11.3 Å². The molecule has 0 bridgehead atoms. The molecule has 1 amide bonds. The number of H-pyrrole nitrogens is 1. The highest BCUT2D eigenvalue weighted by molar-refractivity contribution is 7.14. The molecular formula is C18H23N5O2S. The molecule has 7 nitrogen and oxygen atoms in total. The minimum atomic E-state index is -0.100. The fourth-order valence-electron chi connectivity index (χ4n) is 3.55. The van der Waals surface area contributed by atoms with E-state index in [2.05, 4.69) is 21.4 Å². The van der Waals surface area contributed by atoms with Crippen LogP contribution in [0.1, 0.15) is 44.7 Å². The Morgan fingerprint density at radius 2 is 2.23 bits per heavy atom. The van der Waals surface area contributed by atoms with Crippen LogP contribution >= 0.6 is 11.3 Å². The zero-order valence-corrected chi connectivity index (χ0v) is 15.9. The lowest BCUT2D eigenvalue weighted by Gasteiger charge is -2.28. The number of anilines is 1. The summed E-state index contributed by atoms with van der Waals surface area (Å²) < 4.78 is 0. The van der Waals surface area contributed by atoms with Crippen LogP contribution in [0, 0.1) is 0 Å². The summed E-state index contributed by atoms with van der Waals surface area (Å²) >= 11 is 1.57. The zero-order chi connectivity index (χ0) is 18.3. The van der Waals surface area contributed by atoms with E-state index in [9.17, 15) is 9.59 Å². The summed E-state index contributed by atoms with van der Waals surface area (Å²) in [5.74, 6) is 0.548. The number of aromatic amines is 1. The maximum Gasteiger partial charge on any atom is 0.264 e. The van der Waals surface area contributed by atoms with Crippen molar-refractivity contribution in [3.8, 4) is 0 Å². The van der Waals surface area contributed by atoms with E-state index >= 15 is 0 Å². The number of rotatable bonds is 3. The highest BCUT2D eigenvalue weighted by Gasteiger charge is 2.27. The molecule has 0 aliphatic carbocycles. The fraction of sp³-hybridized carbons (Fsp3) is 0.500. The smallest absolute Gasteiger partial charge is 0.264 e. The molecule has 138 valence electrons. The summed E-state index contributed by atoms with van der Waals surface area (Å²) in [4.78, 5) is 38.1. The average Bonchev–Trinajstić information content (AvgIpc) is 3.31. The molecule has 2 aromatic heterocycles. The van der Waals surface area contributed by atoms with Gasteiger partial charge in [0.2, 0.25) is 5.95 Å². The van der Waals surface area contributed by atoms with Crippen LogP contribution in [0.4, 0.5) is 5.95 Å². The van der Waals surface area contributed by atoms with Crippen molar-refractivity contribution in [1.82, 2.24) is 20.2 Å². The molecule has 0 aromatic carbocycles. The second kappa shape index (κ2) is 6.85. The third-order valence-corrected chi connectivity index (χ3v) is 6.20. The summed E-state index contributed by atoms with van der Waals surface area (Å²) in [6.45, 7) is 1.98. The predicted molar refractivity (Wildman–Crippen MR) is 102 cm³/mol. The standard InChI is InChI=1S/C18H23N5O2S/c1-22(2)18-20-13-10-23(9-7-11(13)16(24)21-18)17(25)15-6-5-14(26-15)12-4-3-8-19-12/h5-6,12,19H,3-4,7-10H2,1-2H3,(H,20,21,24)/t12-/m0/s1. The van der Waals surface area contributed by atoms with Crippen molar-refractivity contribution >= 4 is 23.2 Å². The number of carbonyl (C=O) groups excluding carboxylic acids is 1. The number of nitrogens with one attached hydrogen (secondary N) is 2. The number of fused-ring (bicyclic) bond motifs is 1. The van der Waals surface area contributed by atoms with Crippen LogP contribution in [0.15, 0.2) is 16.9 Å². The van der Waals surface area contributed by atoms with Gasteiger partial charge in [-0.25, -0.2) is 4.98 Å². The molecule has 4 rings (SSSR count). The van der Waals surface area contributed by atoms with Crippen LogP contribution in [0.3, 0.4) is 0 Å². The van der Waals surface area contributed by atoms with E-state index in [0.29, 0.717) is 42.8 Å². The molecule has 0 radical (unpaired) electrons. The number of hydrogen-bond acceptors (Lipinski definition) is 6. The molecule has 8 heteroatoms. The lowest BCUT2D eigenvalue weighted by molar-refractivity contribution is 0.0736. The molecule has 1 saturated heterocycles. The van der Waals surface area contributed by atoms with E-state index in [1.165, 1.54) is 11.3 Å². The van der Waals surface area contributed by atoms with Crippen molar-refractivity contribution in [2.24, 2.45) is 0 Å². The first-order chi connectivity index (χ1) is 12.5. The monoisotopic (exact) mass is 373 g/mol. The van der Waals surface area contributed by atoms with Gasteiger partial charge in [0.25, 0.3) is 11.5 Å². The summed E-state index contributed by atoms with van der Waals surface area (Å²) in [6, 6.07) is 4.37. The highest BCUT2D eigenvalue weighted by atomic mass is 32.1. The van der Waals surface area contributed by atoms with Crippen LogP contribution in [-0.2, 0) is 13.0 Å². The first-order valence-electron chi connectivity index (χ1n) is 8.94. The van der Waals surface area contributed by atoms with E-state index in [1.807, 2.05) is 20.2 Å². The van der Waals surface area contributed by atoms with Crippen molar-refractivity contribution in [3.05, 3.63) is 43.5 Å². The Balaban J connectivity index is 1.54. The van der Waals surface area contributed by atoms with Gasteiger partial charge >= 0.3 is 0 Å². The normalized spacial score (nSPS) is 19.5. The van der Waals surface area contributed by atoms with Crippen molar-refractivity contribution in [3.63, 3.8) is 0 Å². The number of hydrogen-bond donors (Lipinski definition) is 2. The van der Waals surface area contributed by atoms with Crippen molar-refractivity contribution in [2.45, 2.75) is 31.8 Å². The number of thiophene rings is 1. The molecule has 2 N–H and O–H groups in total. The maximum absolute atomic E-state index is 12.9.